The van der Waals surface area contributed by atoms with Crippen LogP contribution in [0.2, 0.25) is 0 Å². The molecule has 0 unspecified atom stereocenters. The minimum Gasteiger partial charge on any atom is -0.314 e. The van der Waals surface area contributed by atoms with E-state index in [4.69, 9.17) is 26.1 Å². The average molecular weight is 193 g/mol. The Morgan fingerprint density at radius 2 is 2.08 bits per heavy atom. The van der Waals surface area contributed by atoms with Crippen LogP contribution in [0.4, 0.5) is 0 Å². The summed E-state index contributed by atoms with van der Waals surface area (Å²) in [7, 11) is 0. The van der Waals surface area contributed by atoms with Crippen LogP contribution in [0.1, 0.15) is 27.2 Å². The van der Waals surface area contributed by atoms with Crippen LogP contribution in [0.5, 0.6) is 0 Å². The summed E-state index contributed by atoms with van der Waals surface area (Å²) in [4.78, 5) is 9.65. The van der Waals surface area contributed by atoms with E-state index in [0.29, 0.717) is 0 Å². The Bertz CT molecular complexity index is 191. The molecule has 0 radical (unpaired) electrons. The van der Waals surface area contributed by atoms with Crippen molar-refractivity contribution in [3.63, 3.8) is 0 Å². The number of hydrogen-bond acceptors (Lipinski definition) is 3. The van der Waals surface area contributed by atoms with Crippen molar-refractivity contribution in [2.75, 3.05) is 0 Å². The number of rotatable bonds is 2. The lowest BCUT2D eigenvalue weighted by Crippen LogP contribution is -2.11. The maximum atomic E-state index is 5.91. The normalized spacial score (nSPS) is 32.0. The van der Waals surface area contributed by atoms with Gasteiger partial charge in [0.25, 0.3) is 0 Å². The van der Waals surface area contributed by atoms with Gasteiger partial charge in [-0.2, -0.15) is 4.89 Å². The molecule has 3 nitrogen and oxygen atoms in total. The monoisotopic (exact) mass is 192 g/mol. The summed E-state index contributed by atoms with van der Waals surface area (Å²) >= 11 is 5.91. The van der Waals surface area contributed by atoms with E-state index in [2.05, 4.69) is 0 Å². The highest BCUT2D eigenvalue weighted by atomic mass is 35.5. The second-order valence-corrected chi connectivity index (χ2v) is 3.13. The Hall–Kier alpha value is -0.0900. The van der Waals surface area contributed by atoms with E-state index in [9.17, 15) is 0 Å². The summed E-state index contributed by atoms with van der Waals surface area (Å²) in [6.45, 7) is 5.62. The van der Waals surface area contributed by atoms with Gasteiger partial charge in [-0.3, -0.25) is 0 Å². The molecule has 0 aliphatic carbocycles. The van der Waals surface area contributed by atoms with Crippen LogP contribution in [0.25, 0.3) is 0 Å². The third kappa shape index (κ3) is 2.20. The molecule has 0 amide bonds. The second-order valence-electron chi connectivity index (χ2n) is 2.67. The zero-order valence-electron chi connectivity index (χ0n) is 7.46. The molecular formula is C8H13ClO3. The summed E-state index contributed by atoms with van der Waals surface area (Å²) in [5.41, 5.74) is 0.878. The van der Waals surface area contributed by atoms with Gasteiger partial charge in [-0.1, -0.05) is 18.5 Å². The van der Waals surface area contributed by atoms with Gasteiger partial charge in [-0.15, -0.1) is 0 Å². The van der Waals surface area contributed by atoms with Gasteiger partial charge < -0.3 is 4.74 Å². The Kier molecular flexibility index (Phi) is 3.53. The highest BCUT2D eigenvalue weighted by molar-refractivity contribution is 6.29. The van der Waals surface area contributed by atoms with E-state index in [0.717, 1.165) is 17.0 Å². The van der Waals surface area contributed by atoms with Crippen molar-refractivity contribution in [1.82, 2.24) is 0 Å². The van der Waals surface area contributed by atoms with E-state index in [1.807, 2.05) is 13.8 Å². The van der Waals surface area contributed by atoms with Gasteiger partial charge in [0.1, 0.15) is 0 Å². The molecule has 1 aliphatic rings. The maximum absolute atomic E-state index is 5.91. The summed E-state index contributed by atoms with van der Waals surface area (Å²) in [5, 5.41) is 0.762. The fourth-order valence-corrected chi connectivity index (χ4v) is 1.02. The topological polar surface area (TPSA) is 27.7 Å². The van der Waals surface area contributed by atoms with Crippen LogP contribution >= 0.6 is 11.6 Å². The Labute approximate surface area is 77.2 Å². The van der Waals surface area contributed by atoms with Crippen molar-refractivity contribution < 1.29 is 14.5 Å². The largest absolute Gasteiger partial charge is 0.314 e. The van der Waals surface area contributed by atoms with Gasteiger partial charge in [-0.05, 0) is 25.8 Å². The molecule has 0 aromatic rings. The summed E-state index contributed by atoms with van der Waals surface area (Å²) in [6.07, 6.45) is 0.0315. The van der Waals surface area contributed by atoms with E-state index in [1.54, 1.807) is 6.92 Å². The molecule has 1 rings (SSSR count). The zero-order valence-corrected chi connectivity index (χ0v) is 8.22. The minimum absolute atomic E-state index is 0.314. The van der Waals surface area contributed by atoms with Gasteiger partial charge in [0, 0.05) is 5.03 Å². The molecule has 1 saturated heterocycles. The standard InChI is InChI=1S/C8H13ClO3/c1-4-7(9)5(2)8-10-6(3)11-12-8/h6,8H,4H2,1-3H3/b7-5+/t6-,8-/m1/s1. The van der Waals surface area contributed by atoms with Gasteiger partial charge in [-0.25, -0.2) is 4.89 Å². The molecule has 2 atom stereocenters. The molecule has 0 spiro atoms. The SMILES string of the molecule is CC/C(Cl)=C(/C)[C@H]1OO[C@H](C)O1. The molecule has 12 heavy (non-hydrogen) atoms. The van der Waals surface area contributed by atoms with Crippen molar-refractivity contribution >= 4 is 11.6 Å². The maximum Gasteiger partial charge on any atom is 0.217 e. The first-order valence-electron chi connectivity index (χ1n) is 3.98. The van der Waals surface area contributed by atoms with Crippen LogP contribution < -0.4 is 0 Å². The van der Waals surface area contributed by atoms with Crippen molar-refractivity contribution in [2.45, 2.75) is 39.8 Å². The summed E-state index contributed by atoms with van der Waals surface area (Å²) in [5.74, 6) is 0. The van der Waals surface area contributed by atoms with Crippen LogP contribution in [-0.2, 0) is 14.5 Å². The van der Waals surface area contributed by atoms with E-state index in [-0.39, 0.29) is 6.29 Å². The lowest BCUT2D eigenvalue weighted by atomic mass is 10.2. The molecule has 1 fully saturated rings. The lowest BCUT2D eigenvalue weighted by Gasteiger charge is -2.08. The van der Waals surface area contributed by atoms with E-state index < -0.39 is 6.29 Å². The molecular weight excluding hydrogens is 180 g/mol. The number of ether oxygens (including phenoxy) is 1. The number of halogens is 1. The van der Waals surface area contributed by atoms with E-state index in [1.165, 1.54) is 0 Å². The quantitative estimate of drug-likeness (QED) is 0.630. The molecule has 0 bridgehead atoms. The van der Waals surface area contributed by atoms with Crippen LogP contribution in [0.15, 0.2) is 10.6 Å². The molecule has 0 saturated carbocycles. The van der Waals surface area contributed by atoms with Crippen molar-refractivity contribution in [3.05, 3.63) is 10.6 Å². The van der Waals surface area contributed by atoms with E-state index >= 15 is 0 Å². The van der Waals surface area contributed by atoms with Gasteiger partial charge in [0.05, 0.1) is 0 Å². The minimum atomic E-state index is -0.438. The highest BCUT2D eigenvalue weighted by Crippen LogP contribution is 2.24. The molecule has 0 N–H and O–H groups in total. The lowest BCUT2D eigenvalue weighted by molar-refractivity contribution is -0.287. The third-order valence-electron chi connectivity index (χ3n) is 1.69. The first kappa shape index (κ1) is 9.99. The predicted octanol–water partition coefficient (Wildman–Crippen LogP) is 2.56. The smallest absolute Gasteiger partial charge is 0.217 e. The van der Waals surface area contributed by atoms with Crippen LogP contribution in [0, 0.1) is 0 Å². The molecule has 1 heterocycles. The van der Waals surface area contributed by atoms with Crippen molar-refractivity contribution in [3.8, 4) is 0 Å². The molecule has 1 aliphatic heterocycles. The Morgan fingerprint density at radius 3 is 2.50 bits per heavy atom. The number of hydrogen-bond donors (Lipinski definition) is 0. The second kappa shape index (κ2) is 4.23. The average Bonchev–Trinajstić information content (AvgIpc) is 2.49. The molecule has 0 aromatic heterocycles. The number of allylic oxidation sites excluding steroid dienone is 1. The first-order valence-corrected chi connectivity index (χ1v) is 4.35. The predicted molar refractivity (Wildman–Crippen MR) is 45.3 cm³/mol. The Balaban J connectivity index is 2.59. The van der Waals surface area contributed by atoms with Gasteiger partial charge in [0.2, 0.25) is 6.29 Å². The van der Waals surface area contributed by atoms with Crippen molar-refractivity contribution in [1.29, 1.82) is 0 Å². The van der Waals surface area contributed by atoms with Crippen LogP contribution in [0.3, 0.4) is 0 Å². The van der Waals surface area contributed by atoms with Gasteiger partial charge >= 0.3 is 0 Å². The first-order chi connectivity index (χ1) is 5.65. The van der Waals surface area contributed by atoms with Crippen LogP contribution in [-0.4, -0.2) is 12.6 Å². The Morgan fingerprint density at radius 1 is 1.42 bits per heavy atom. The fourth-order valence-electron chi connectivity index (χ4n) is 0.929. The highest BCUT2D eigenvalue weighted by Gasteiger charge is 2.26. The molecule has 0 aromatic carbocycles. The fraction of sp³-hybridized carbons (Fsp3) is 0.750. The summed E-state index contributed by atoms with van der Waals surface area (Å²) < 4.78 is 5.26. The molecule has 70 valence electrons. The molecule has 4 heteroatoms. The zero-order chi connectivity index (χ0) is 9.14. The van der Waals surface area contributed by atoms with Crippen molar-refractivity contribution in [2.24, 2.45) is 0 Å². The third-order valence-corrected chi connectivity index (χ3v) is 2.25. The summed E-state index contributed by atoms with van der Waals surface area (Å²) in [6, 6.07) is 0. The van der Waals surface area contributed by atoms with Gasteiger partial charge in [0.15, 0.2) is 6.29 Å².